The van der Waals surface area contributed by atoms with Gasteiger partial charge in [-0.15, -0.1) is 0 Å². The fraction of sp³-hybridized carbons (Fsp3) is 0.167. The van der Waals surface area contributed by atoms with E-state index in [1.807, 2.05) is 12.1 Å². The highest BCUT2D eigenvalue weighted by molar-refractivity contribution is 6.30. The standard InChI is InChI=1S/C24H19ClF2N2O3/c1-14-24(31)29(12-15-5-7-17(25)8-6-15)13-16-11-18(9-10-21(16)32-14)28-23(30)22-19(26)3-2-4-20(22)27/h2-11,14H,12-13H2,1H3,(H,28,30)/t14-/m1/s1. The van der Waals surface area contributed by atoms with Crippen LogP contribution in [0.25, 0.3) is 0 Å². The van der Waals surface area contributed by atoms with Crippen molar-refractivity contribution in [1.29, 1.82) is 0 Å². The van der Waals surface area contributed by atoms with Gasteiger partial charge in [-0.1, -0.05) is 29.8 Å². The van der Waals surface area contributed by atoms with Crippen LogP contribution in [0.15, 0.2) is 60.7 Å². The average Bonchev–Trinajstić information content (AvgIpc) is 2.86. The SMILES string of the molecule is C[C@H]1Oc2ccc(NC(=O)c3c(F)cccc3F)cc2CN(Cc2ccc(Cl)cc2)C1=O. The van der Waals surface area contributed by atoms with E-state index in [1.54, 1.807) is 42.2 Å². The summed E-state index contributed by atoms with van der Waals surface area (Å²) < 4.78 is 33.6. The van der Waals surface area contributed by atoms with Crippen molar-refractivity contribution in [3.05, 3.63) is 94.0 Å². The van der Waals surface area contributed by atoms with E-state index in [9.17, 15) is 18.4 Å². The maximum absolute atomic E-state index is 13.9. The number of amides is 2. The summed E-state index contributed by atoms with van der Waals surface area (Å²) in [7, 11) is 0. The lowest BCUT2D eigenvalue weighted by Crippen LogP contribution is -2.37. The smallest absolute Gasteiger partial charge is 0.263 e. The van der Waals surface area contributed by atoms with E-state index in [2.05, 4.69) is 5.32 Å². The van der Waals surface area contributed by atoms with Gasteiger partial charge in [-0.2, -0.15) is 0 Å². The number of rotatable bonds is 4. The summed E-state index contributed by atoms with van der Waals surface area (Å²) in [5, 5.41) is 3.11. The summed E-state index contributed by atoms with van der Waals surface area (Å²) in [6, 6.07) is 15.2. The third-order valence-electron chi connectivity index (χ3n) is 5.12. The summed E-state index contributed by atoms with van der Waals surface area (Å²) in [5.74, 6) is -2.49. The zero-order chi connectivity index (χ0) is 22.8. The lowest BCUT2D eigenvalue weighted by Gasteiger charge is -2.22. The molecule has 0 saturated carbocycles. The van der Waals surface area contributed by atoms with Gasteiger partial charge < -0.3 is 15.0 Å². The quantitative estimate of drug-likeness (QED) is 0.588. The molecule has 164 valence electrons. The maximum atomic E-state index is 13.9. The van der Waals surface area contributed by atoms with Crippen molar-refractivity contribution in [3.8, 4) is 5.75 Å². The van der Waals surface area contributed by atoms with E-state index >= 15 is 0 Å². The van der Waals surface area contributed by atoms with Crippen molar-refractivity contribution in [2.75, 3.05) is 5.32 Å². The van der Waals surface area contributed by atoms with E-state index < -0.39 is 29.2 Å². The Hall–Kier alpha value is -3.45. The second kappa shape index (κ2) is 8.96. The van der Waals surface area contributed by atoms with Crippen LogP contribution < -0.4 is 10.1 Å². The van der Waals surface area contributed by atoms with Gasteiger partial charge in [-0.05, 0) is 55.0 Å². The van der Waals surface area contributed by atoms with Gasteiger partial charge in [0.2, 0.25) is 0 Å². The summed E-state index contributed by atoms with van der Waals surface area (Å²) in [6.45, 7) is 2.25. The Morgan fingerprint density at radius 1 is 1.12 bits per heavy atom. The van der Waals surface area contributed by atoms with E-state index in [4.69, 9.17) is 16.3 Å². The number of hydrogen-bond acceptors (Lipinski definition) is 3. The average molecular weight is 457 g/mol. The normalized spacial score (nSPS) is 15.6. The molecule has 2 amide bonds. The molecule has 0 aliphatic carbocycles. The fourth-order valence-electron chi connectivity index (χ4n) is 3.53. The molecule has 3 aromatic carbocycles. The molecule has 0 radical (unpaired) electrons. The van der Waals surface area contributed by atoms with Crippen LogP contribution in [0.1, 0.15) is 28.4 Å². The number of halogens is 3. The Bertz CT molecular complexity index is 1160. The molecule has 1 aliphatic heterocycles. The number of carbonyl (C=O) groups excluding carboxylic acids is 2. The Labute approximate surface area is 188 Å². The highest BCUT2D eigenvalue weighted by atomic mass is 35.5. The Morgan fingerprint density at radius 2 is 1.81 bits per heavy atom. The van der Waals surface area contributed by atoms with Crippen molar-refractivity contribution >= 4 is 29.1 Å². The summed E-state index contributed by atoms with van der Waals surface area (Å²) in [5.41, 5.74) is 1.22. The van der Waals surface area contributed by atoms with Gasteiger partial charge in [-0.25, -0.2) is 8.78 Å². The molecule has 1 atom stereocenters. The van der Waals surface area contributed by atoms with Crippen molar-refractivity contribution in [2.24, 2.45) is 0 Å². The van der Waals surface area contributed by atoms with Gasteiger partial charge >= 0.3 is 0 Å². The number of nitrogens with zero attached hydrogens (tertiary/aromatic N) is 1. The molecule has 5 nitrogen and oxygen atoms in total. The zero-order valence-corrected chi connectivity index (χ0v) is 17.8. The van der Waals surface area contributed by atoms with E-state index in [0.717, 1.165) is 17.7 Å². The molecule has 1 heterocycles. The van der Waals surface area contributed by atoms with Gasteiger partial charge in [0.1, 0.15) is 22.9 Å². The Balaban J connectivity index is 1.59. The van der Waals surface area contributed by atoms with Crippen LogP contribution in [0.5, 0.6) is 5.75 Å². The molecule has 4 rings (SSSR count). The van der Waals surface area contributed by atoms with E-state index in [-0.39, 0.29) is 12.5 Å². The Kier molecular flexibility index (Phi) is 6.10. The minimum Gasteiger partial charge on any atom is -0.481 e. The second-order valence-corrected chi connectivity index (χ2v) is 7.89. The van der Waals surface area contributed by atoms with Crippen LogP contribution in [0.2, 0.25) is 5.02 Å². The summed E-state index contributed by atoms with van der Waals surface area (Å²) in [4.78, 5) is 26.9. The summed E-state index contributed by atoms with van der Waals surface area (Å²) in [6.07, 6.45) is -0.698. The number of fused-ring (bicyclic) bond motifs is 1. The van der Waals surface area contributed by atoms with Gasteiger partial charge in [0.05, 0.1) is 0 Å². The van der Waals surface area contributed by atoms with Gasteiger partial charge in [0, 0.05) is 29.4 Å². The van der Waals surface area contributed by atoms with Crippen molar-refractivity contribution in [1.82, 2.24) is 4.90 Å². The van der Waals surface area contributed by atoms with Crippen LogP contribution in [-0.2, 0) is 17.9 Å². The maximum Gasteiger partial charge on any atom is 0.263 e. The molecular weight excluding hydrogens is 438 g/mol. The van der Waals surface area contributed by atoms with Gasteiger partial charge in [0.25, 0.3) is 11.8 Å². The molecule has 1 aliphatic rings. The molecular formula is C24H19ClF2N2O3. The molecule has 32 heavy (non-hydrogen) atoms. The van der Waals surface area contributed by atoms with Crippen LogP contribution in [0, 0.1) is 11.6 Å². The number of hydrogen-bond donors (Lipinski definition) is 1. The van der Waals surface area contributed by atoms with Gasteiger partial charge in [-0.3, -0.25) is 9.59 Å². The lowest BCUT2D eigenvalue weighted by molar-refractivity contribution is -0.138. The zero-order valence-electron chi connectivity index (χ0n) is 17.1. The predicted octanol–water partition coefficient (Wildman–Crippen LogP) is 5.18. The minimum atomic E-state index is -0.950. The first kappa shape index (κ1) is 21.8. The van der Waals surface area contributed by atoms with Crippen LogP contribution in [0.4, 0.5) is 14.5 Å². The predicted molar refractivity (Wildman–Crippen MR) is 117 cm³/mol. The third-order valence-corrected chi connectivity index (χ3v) is 5.37. The van der Waals surface area contributed by atoms with E-state index in [1.165, 1.54) is 6.07 Å². The molecule has 3 aromatic rings. The fourth-order valence-corrected chi connectivity index (χ4v) is 3.66. The van der Waals surface area contributed by atoms with Crippen molar-refractivity contribution in [3.63, 3.8) is 0 Å². The molecule has 8 heteroatoms. The topological polar surface area (TPSA) is 58.6 Å². The number of nitrogens with one attached hydrogen (secondary N) is 1. The first-order chi connectivity index (χ1) is 15.3. The molecule has 0 spiro atoms. The molecule has 1 N–H and O–H groups in total. The van der Waals surface area contributed by atoms with E-state index in [0.29, 0.717) is 28.6 Å². The number of carbonyl (C=O) groups is 2. The summed E-state index contributed by atoms with van der Waals surface area (Å²) >= 11 is 5.94. The minimum absolute atomic E-state index is 0.185. The first-order valence-corrected chi connectivity index (χ1v) is 10.3. The van der Waals surface area contributed by atoms with Gasteiger partial charge in [0.15, 0.2) is 6.10 Å². The highest BCUT2D eigenvalue weighted by Gasteiger charge is 2.28. The number of benzene rings is 3. The lowest BCUT2D eigenvalue weighted by atomic mass is 10.1. The largest absolute Gasteiger partial charge is 0.481 e. The van der Waals surface area contributed by atoms with Crippen LogP contribution in [-0.4, -0.2) is 22.8 Å². The molecule has 0 fully saturated rings. The molecule has 0 bridgehead atoms. The molecule has 0 aromatic heterocycles. The van der Waals surface area contributed by atoms with Crippen LogP contribution >= 0.6 is 11.6 Å². The van der Waals surface area contributed by atoms with Crippen molar-refractivity contribution in [2.45, 2.75) is 26.1 Å². The first-order valence-electron chi connectivity index (χ1n) is 9.90. The van der Waals surface area contributed by atoms with Crippen molar-refractivity contribution < 1.29 is 23.1 Å². The Morgan fingerprint density at radius 3 is 2.50 bits per heavy atom. The highest BCUT2D eigenvalue weighted by Crippen LogP contribution is 2.30. The number of anilines is 1. The molecule has 0 saturated heterocycles. The number of ether oxygens (including phenoxy) is 1. The van der Waals surface area contributed by atoms with Crippen LogP contribution in [0.3, 0.4) is 0 Å². The second-order valence-electron chi connectivity index (χ2n) is 7.45. The monoisotopic (exact) mass is 456 g/mol. The third kappa shape index (κ3) is 4.57. The molecule has 0 unspecified atom stereocenters.